The first-order valence-electron chi connectivity index (χ1n) is 6.33. The largest absolute Gasteiger partial charge is 0.339 e. The fraction of sp³-hybridized carbons (Fsp3) is 0.500. The smallest absolute Gasteiger partial charge is 0.328 e. The van der Waals surface area contributed by atoms with E-state index in [0.717, 1.165) is 19.3 Å². The predicted molar refractivity (Wildman–Crippen MR) is 66.9 cm³/mol. The van der Waals surface area contributed by atoms with Gasteiger partial charge >= 0.3 is 5.69 Å². The van der Waals surface area contributed by atoms with E-state index in [1.165, 1.54) is 0 Å². The van der Waals surface area contributed by atoms with Gasteiger partial charge in [0.05, 0.1) is 0 Å². The number of nitrogens with zero attached hydrogens (tertiary/aromatic N) is 3. The van der Waals surface area contributed by atoms with Gasteiger partial charge in [0.25, 0.3) is 5.56 Å². The van der Waals surface area contributed by atoms with E-state index < -0.39 is 5.56 Å². The summed E-state index contributed by atoms with van der Waals surface area (Å²) in [5, 5.41) is 3.79. The van der Waals surface area contributed by atoms with Gasteiger partial charge in [0.1, 0.15) is 5.56 Å². The van der Waals surface area contributed by atoms with Crippen molar-refractivity contribution in [2.45, 2.75) is 39.2 Å². The molecule has 1 aliphatic heterocycles. The van der Waals surface area contributed by atoms with Crippen LogP contribution in [-0.2, 0) is 13.0 Å². The van der Waals surface area contributed by atoms with E-state index >= 15 is 0 Å². The Hall–Kier alpha value is -2.18. The fourth-order valence-corrected chi connectivity index (χ4v) is 2.48. The van der Waals surface area contributed by atoms with Crippen LogP contribution in [0.1, 0.15) is 30.8 Å². The molecule has 2 aromatic rings. The van der Waals surface area contributed by atoms with Gasteiger partial charge in [-0.3, -0.25) is 14.3 Å². The Kier molecular flexibility index (Phi) is 2.81. The Morgan fingerprint density at radius 3 is 2.84 bits per heavy atom. The number of aryl methyl sites for hydroxylation is 1. The van der Waals surface area contributed by atoms with Gasteiger partial charge in [-0.25, -0.2) is 4.79 Å². The average molecular weight is 262 g/mol. The summed E-state index contributed by atoms with van der Waals surface area (Å²) in [7, 11) is 0. The summed E-state index contributed by atoms with van der Waals surface area (Å²) in [6.07, 6.45) is 3.61. The van der Waals surface area contributed by atoms with E-state index in [9.17, 15) is 9.59 Å². The molecule has 0 fully saturated rings. The molecule has 0 aliphatic carbocycles. The third-order valence-electron chi connectivity index (χ3n) is 3.35. The first-order valence-corrected chi connectivity index (χ1v) is 6.33. The van der Waals surface area contributed by atoms with Gasteiger partial charge in [-0.2, -0.15) is 4.98 Å². The standard InChI is InChI=1S/C12H14N4O3/c1-7-13-10(15-19-7)9-8-5-3-2-4-6-16(8)12(18)14-11(9)17/h2-6H2,1H3,(H,14,17,18). The molecule has 3 rings (SSSR count). The van der Waals surface area contributed by atoms with Crippen LogP contribution >= 0.6 is 0 Å². The maximum Gasteiger partial charge on any atom is 0.328 e. The minimum absolute atomic E-state index is 0.254. The van der Waals surface area contributed by atoms with Crippen molar-refractivity contribution < 1.29 is 4.52 Å². The molecule has 2 aromatic heterocycles. The molecule has 1 aliphatic rings. The van der Waals surface area contributed by atoms with Gasteiger partial charge in [0.2, 0.25) is 11.7 Å². The van der Waals surface area contributed by atoms with E-state index in [4.69, 9.17) is 4.52 Å². The third-order valence-corrected chi connectivity index (χ3v) is 3.35. The zero-order valence-corrected chi connectivity index (χ0v) is 10.6. The molecule has 0 bridgehead atoms. The maximum atomic E-state index is 12.0. The zero-order chi connectivity index (χ0) is 13.4. The first kappa shape index (κ1) is 11.9. The molecular formula is C12H14N4O3. The molecule has 7 nitrogen and oxygen atoms in total. The van der Waals surface area contributed by atoms with Crippen LogP contribution < -0.4 is 11.2 Å². The molecule has 0 unspecified atom stereocenters. The topological polar surface area (TPSA) is 93.8 Å². The van der Waals surface area contributed by atoms with E-state index in [1.54, 1.807) is 11.5 Å². The van der Waals surface area contributed by atoms with Crippen LogP contribution in [0.15, 0.2) is 14.1 Å². The number of hydrogen-bond acceptors (Lipinski definition) is 5. The molecular weight excluding hydrogens is 248 g/mol. The molecule has 0 saturated heterocycles. The van der Waals surface area contributed by atoms with Crippen LogP contribution in [0.4, 0.5) is 0 Å². The summed E-state index contributed by atoms with van der Waals surface area (Å²) < 4.78 is 6.55. The molecule has 3 heterocycles. The highest BCUT2D eigenvalue weighted by molar-refractivity contribution is 5.56. The number of rotatable bonds is 1. The van der Waals surface area contributed by atoms with Crippen molar-refractivity contribution >= 4 is 0 Å². The van der Waals surface area contributed by atoms with Gasteiger partial charge in [-0.05, 0) is 19.3 Å². The highest BCUT2D eigenvalue weighted by Gasteiger charge is 2.21. The summed E-state index contributed by atoms with van der Waals surface area (Å²) in [6.45, 7) is 2.28. The van der Waals surface area contributed by atoms with Gasteiger partial charge in [0.15, 0.2) is 0 Å². The van der Waals surface area contributed by atoms with Crippen LogP contribution in [0.2, 0.25) is 0 Å². The van der Waals surface area contributed by atoms with Crippen molar-refractivity contribution in [1.82, 2.24) is 19.7 Å². The first-order chi connectivity index (χ1) is 9.16. The summed E-state index contributed by atoms with van der Waals surface area (Å²) in [5.41, 5.74) is 0.273. The van der Waals surface area contributed by atoms with E-state index in [-0.39, 0.29) is 11.5 Å². The lowest BCUT2D eigenvalue weighted by Gasteiger charge is -2.10. The number of hydrogen-bond donors (Lipinski definition) is 1. The normalized spacial score (nSPS) is 15.0. The van der Waals surface area contributed by atoms with Crippen molar-refractivity contribution in [3.05, 3.63) is 32.4 Å². The van der Waals surface area contributed by atoms with Gasteiger partial charge in [-0.1, -0.05) is 11.6 Å². The fourth-order valence-electron chi connectivity index (χ4n) is 2.48. The third kappa shape index (κ3) is 2.00. The van der Waals surface area contributed by atoms with E-state index in [0.29, 0.717) is 30.1 Å². The van der Waals surface area contributed by atoms with E-state index in [1.807, 2.05) is 0 Å². The minimum Gasteiger partial charge on any atom is -0.339 e. The highest BCUT2D eigenvalue weighted by atomic mass is 16.5. The Balaban J connectivity index is 2.29. The summed E-state index contributed by atoms with van der Waals surface area (Å²) in [4.78, 5) is 30.3. The Morgan fingerprint density at radius 2 is 2.11 bits per heavy atom. The predicted octanol–water partition coefficient (Wildman–Crippen LogP) is 0.621. The average Bonchev–Trinajstić information content (AvgIpc) is 2.63. The second-order valence-electron chi connectivity index (χ2n) is 4.68. The zero-order valence-electron chi connectivity index (χ0n) is 10.6. The SMILES string of the molecule is Cc1nc(-c2c3n(c(=O)[nH]c2=O)CCCCC3)no1. The molecule has 7 heteroatoms. The lowest BCUT2D eigenvalue weighted by molar-refractivity contribution is 0.394. The minimum atomic E-state index is -0.445. The molecule has 100 valence electrons. The monoisotopic (exact) mass is 262 g/mol. The van der Waals surface area contributed by atoms with Crippen LogP contribution in [-0.4, -0.2) is 19.7 Å². The van der Waals surface area contributed by atoms with Crippen LogP contribution in [0.5, 0.6) is 0 Å². The van der Waals surface area contributed by atoms with Crippen molar-refractivity contribution in [2.75, 3.05) is 0 Å². The molecule has 19 heavy (non-hydrogen) atoms. The summed E-state index contributed by atoms with van der Waals surface area (Å²) >= 11 is 0. The van der Waals surface area contributed by atoms with E-state index in [2.05, 4.69) is 15.1 Å². The van der Waals surface area contributed by atoms with Gasteiger partial charge in [-0.15, -0.1) is 0 Å². The second kappa shape index (κ2) is 4.49. The van der Waals surface area contributed by atoms with Crippen LogP contribution in [0.25, 0.3) is 11.4 Å². The Bertz CT molecular complexity index is 725. The molecule has 0 spiro atoms. The van der Waals surface area contributed by atoms with Gasteiger partial charge < -0.3 is 4.52 Å². The molecule has 0 saturated carbocycles. The quantitative estimate of drug-likeness (QED) is 0.813. The summed E-state index contributed by atoms with van der Waals surface area (Å²) in [5.74, 6) is 0.650. The number of aromatic amines is 1. The molecule has 0 atom stereocenters. The lowest BCUT2D eigenvalue weighted by Crippen LogP contribution is -2.33. The maximum absolute atomic E-state index is 12.0. The molecule has 1 N–H and O–H groups in total. The second-order valence-corrected chi connectivity index (χ2v) is 4.68. The van der Waals surface area contributed by atoms with Crippen LogP contribution in [0, 0.1) is 6.92 Å². The van der Waals surface area contributed by atoms with Crippen molar-refractivity contribution in [1.29, 1.82) is 0 Å². The number of H-pyrrole nitrogens is 1. The lowest BCUT2D eigenvalue weighted by atomic mass is 10.1. The molecule has 0 amide bonds. The molecule has 0 aromatic carbocycles. The van der Waals surface area contributed by atoms with Crippen molar-refractivity contribution in [2.24, 2.45) is 0 Å². The Labute approximate surface area is 108 Å². The number of nitrogens with one attached hydrogen (secondary N) is 1. The van der Waals surface area contributed by atoms with Gasteiger partial charge in [0, 0.05) is 19.2 Å². The number of fused-ring (bicyclic) bond motifs is 1. The van der Waals surface area contributed by atoms with Crippen molar-refractivity contribution in [3.8, 4) is 11.4 Å². The highest BCUT2D eigenvalue weighted by Crippen LogP contribution is 2.20. The summed E-state index contributed by atoms with van der Waals surface area (Å²) in [6, 6.07) is 0. The van der Waals surface area contributed by atoms with Crippen molar-refractivity contribution in [3.63, 3.8) is 0 Å². The van der Waals surface area contributed by atoms with Crippen LogP contribution in [0.3, 0.4) is 0 Å². The molecule has 0 radical (unpaired) electrons. The number of aromatic nitrogens is 4. The Morgan fingerprint density at radius 1 is 1.26 bits per heavy atom.